The Hall–Kier alpha value is -1.17. The van der Waals surface area contributed by atoms with Gasteiger partial charge >= 0.3 is 0 Å². The van der Waals surface area contributed by atoms with E-state index in [1.54, 1.807) is 6.07 Å². The normalized spacial score (nSPS) is 33.4. The van der Waals surface area contributed by atoms with E-state index >= 15 is 0 Å². The monoisotopic (exact) mass is 390 g/mol. The van der Waals surface area contributed by atoms with Gasteiger partial charge in [0.25, 0.3) is 0 Å². The number of aliphatic hydroxyl groups excluding tert-OH is 1. The average Bonchev–Trinajstić information content (AvgIpc) is 3.01. The summed E-state index contributed by atoms with van der Waals surface area (Å²) in [6.07, 6.45) is 3.50. The van der Waals surface area contributed by atoms with Crippen molar-refractivity contribution in [2.45, 2.75) is 52.2 Å². The Bertz CT molecular complexity index is 689. The molecule has 1 saturated heterocycles. The molecule has 1 aromatic carbocycles. The Kier molecular flexibility index (Phi) is 5.45. The smallest absolute Gasteiger partial charge is 0.146 e. The summed E-state index contributed by atoms with van der Waals surface area (Å²) >= 11 is 0. The fourth-order valence-corrected chi connectivity index (χ4v) is 5.84. The number of ether oxygens (including phenoxy) is 1. The molecule has 1 aliphatic heterocycles. The zero-order valence-corrected chi connectivity index (χ0v) is 17.5. The van der Waals surface area contributed by atoms with Crippen LogP contribution in [0.25, 0.3) is 0 Å². The number of hydrogen-bond acceptors (Lipinski definition) is 4. The molecule has 0 radical (unpaired) electrons. The summed E-state index contributed by atoms with van der Waals surface area (Å²) in [5.41, 5.74) is 1.26. The SMILES string of the molecule is CC1(C)[C@@H]2CC[C@@]1(C)[C@H](OC[C@H](O)CN1CCN(c3ccccc3F)CC1)C2. The van der Waals surface area contributed by atoms with Crippen LogP contribution in [0.2, 0.25) is 0 Å². The Morgan fingerprint density at radius 2 is 1.89 bits per heavy atom. The molecule has 0 aromatic heterocycles. The summed E-state index contributed by atoms with van der Waals surface area (Å²) in [7, 11) is 0. The van der Waals surface area contributed by atoms with Crippen molar-refractivity contribution in [3.8, 4) is 0 Å². The van der Waals surface area contributed by atoms with E-state index in [4.69, 9.17) is 4.74 Å². The summed E-state index contributed by atoms with van der Waals surface area (Å²) in [4.78, 5) is 4.35. The average molecular weight is 391 g/mol. The molecule has 0 amide bonds. The summed E-state index contributed by atoms with van der Waals surface area (Å²) in [5, 5.41) is 10.5. The van der Waals surface area contributed by atoms with Gasteiger partial charge in [-0.15, -0.1) is 0 Å². The highest BCUT2D eigenvalue weighted by Crippen LogP contribution is 2.66. The third-order valence-electron chi connectivity index (χ3n) is 8.24. The second-order valence-corrected chi connectivity index (χ2v) is 9.83. The van der Waals surface area contributed by atoms with Gasteiger partial charge in [-0.1, -0.05) is 32.9 Å². The first-order valence-corrected chi connectivity index (χ1v) is 10.8. The Morgan fingerprint density at radius 3 is 2.50 bits per heavy atom. The molecule has 156 valence electrons. The van der Waals surface area contributed by atoms with Crippen molar-refractivity contribution in [2.24, 2.45) is 16.7 Å². The second kappa shape index (κ2) is 7.58. The van der Waals surface area contributed by atoms with Gasteiger partial charge in [-0.3, -0.25) is 4.90 Å². The van der Waals surface area contributed by atoms with Crippen molar-refractivity contribution < 1.29 is 14.2 Å². The van der Waals surface area contributed by atoms with E-state index in [1.165, 1.54) is 18.9 Å². The maximum Gasteiger partial charge on any atom is 0.146 e. The van der Waals surface area contributed by atoms with Crippen molar-refractivity contribution in [2.75, 3.05) is 44.2 Å². The van der Waals surface area contributed by atoms with Crippen molar-refractivity contribution in [3.63, 3.8) is 0 Å². The number of rotatable bonds is 6. The van der Waals surface area contributed by atoms with Gasteiger partial charge in [-0.05, 0) is 48.1 Å². The fourth-order valence-electron chi connectivity index (χ4n) is 5.84. The minimum atomic E-state index is -0.467. The molecule has 3 aliphatic rings. The predicted molar refractivity (Wildman–Crippen MR) is 110 cm³/mol. The first kappa shape index (κ1) is 20.1. The summed E-state index contributed by atoms with van der Waals surface area (Å²) < 4.78 is 20.2. The van der Waals surface area contributed by atoms with Crippen molar-refractivity contribution in [1.82, 2.24) is 4.90 Å². The first-order chi connectivity index (χ1) is 13.3. The molecule has 0 spiro atoms. The van der Waals surface area contributed by atoms with E-state index in [2.05, 4.69) is 30.6 Å². The van der Waals surface area contributed by atoms with Gasteiger partial charge in [0, 0.05) is 32.7 Å². The number of halogens is 1. The minimum absolute atomic E-state index is 0.160. The molecule has 28 heavy (non-hydrogen) atoms. The van der Waals surface area contributed by atoms with Crippen molar-refractivity contribution in [3.05, 3.63) is 30.1 Å². The summed E-state index contributed by atoms with van der Waals surface area (Å²) in [5.74, 6) is 0.595. The molecule has 1 heterocycles. The first-order valence-electron chi connectivity index (χ1n) is 10.8. The molecule has 2 bridgehead atoms. The van der Waals surface area contributed by atoms with E-state index in [0.717, 1.165) is 38.5 Å². The molecule has 4 rings (SSSR count). The number of hydrogen-bond donors (Lipinski definition) is 1. The van der Waals surface area contributed by atoms with Crippen molar-refractivity contribution in [1.29, 1.82) is 0 Å². The van der Waals surface area contributed by atoms with Crippen LogP contribution in [0.4, 0.5) is 10.1 Å². The standard InChI is InChI=1S/C23H35FN2O2/c1-22(2)17-8-9-23(22,3)21(14-17)28-16-18(27)15-25-10-12-26(13-11-25)20-7-5-4-6-19(20)24/h4-7,17-18,21,27H,8-16H2,1-3H3/t17-,18-,21-,23+/m1/s1. The van der Waals surface area contributed by atoms with Crippen LogP contribution in [0.1, 0.15) is 40.0 Å². The highest BCUT2D eigenvalue weighted by atomic mass is 19.1. The number of piperazine rings is 1. The molecule has 2 saturated carbocycles. The topological polar surface area (TPSA) is 35.9 Å². The number of nitrogens with zero attached hydrogens (tertiary/aromatic N) is 2. The lowest BCUT2D eigenvalue weighted by Crippen LogP contribution is -2.49. The van der Waals surface area contributed by atoms with E-state index in [9.17, 15) is 9.50 Å². The van der Waals surface area contributed by atoms with E-state index < -0.39 is 6.10 Å². The third kappa shape index (κ3) is 3.46. The zero-order valence-electron chi connectivity index (χ0n) is 17.5. The lowest BCUT2D eigenvalue weighted by atomic mass is 9.70. The highest BCUT2D eigenvalue weighted by molar-refractivity contribution is 5.47. The van der Waals surface area contributed by atoms with Gasteiger partial charge in [0.2, 0.25) is 0 Å². The van der Waals surface area contributed by atoms with Gasteiger partial charge in [-0.25, -0.2) is 4.39 Å². The molecular formula is C23H35FN2O2. The van der Waals surface area contributed by atoms with Gasteiger partial charge in [0.15, 0.2) is 0 Å². The molecule has 0 unspecified atom stereocenters. The van der Waals surface area contributed by atoms with E-state index in [0.29, 0.717) is 24.3 Å². The quantitative estimate of drug-likeness (QED) is 0.806. The molecule has 2 aliphatic carbocycles. The summed E-state index contributed by atoms with van der Waals surface area (Å²) in [6.45, 7) is 11.4. The van der Waals surface area contributed by atoms with Crippen LogP contribution in [0, 0.1) is 22.6 Å². The number of anilines is 1. The maximum atomic E-state index is 14.0. The van der Waals surface area contributed by atoms with Crippen LogP contribution in [0.3, 0.4) is 0 Å². The van der Waals surface area contributed by atoms with Crippen LogP contribution in [-0.4, -0.2) is 61.5 Å². The van der Waals surface area contributed by atoms with Gasteiger partial charge in [0.05, 0.1) is 24.5 Å². The van der Waals surface area contributed by atoms with Crippen LogP contribution in [0.15, 0.2) is 24.3 Å². The van der Waals surface area contributed by atoms with Gasteiger partial charge in [-0.2, -0.15) is 0 Å². The molecule has 4 atom stereocenters. The Labute approximate surface area is 168 Å². The van der Waals surface area contributed by atoms with E-state index in [1.807, 2.05) is 12.1 Å². The molecule has 4 nitrogen and oxygen atoms in total. The lowest BCUT2D eigenvalue weighted by Gasteiger charge is -2.39. The molecule has 1 N–H and O–H groups in total. The van der Waals surface area contributed by atoms with Gasteiger partial charge in [0.1, 0.15) is 5.82 Å². The van der Waals surface area contributed by atoms with Crippen LogP contribution < -0.4 is 4.90 Å². The second-order valence-electron chi connectivity index (χ2n) is 9.83. The minimum Gasteiger partial charge on any atom is -0.389 e. The molecule has 3 fully saturated rings. The van der Waals surface area contributed by atoms with Crippen LogP contribution in [0.5, 0.6) is 0 Å². The third-order valence-corrected chi connectivity index (χ3v) is 8.24. The summed E-state index contributed by atoms with van der Waals surface area (Å²) in [6, 6.07) is 6.96. The molecule has 1 aromatic rings. The number of fused-ring (bicyclic) bond motifs is 2. The fraction of sp³-hybridized carbons (Fsp3) is 0.739. The number of aliphatic hydroxyl groups is 1. The lowest BCUT2D eigenvalue weighted by molar-refractivity contribution is -0.0794. The number of benzene rings is 1. The number of β-amino-alcohol motifs (C(OH)–C–C–N with tert-alkyl or cyclic N) is 1. The maximum absolute atomic E-state index is 14.0. The van der Waals surface area contributed by atoms with Gasteiger partial charge < -0.3 is 14.7 Å². The van der Waals surface area contributed by atoms with Crippen LogP contribution >= 0.6 is 0 Å². The largest absolute Gasteiger partial charge is 0.389 e. The Morgan fingerprint density at radius 1 is 1.18 bits per heavy atom. The Balaban J connectivity index is 1.23. The van der Waals surface area contributed by atoms with E-state index in [-0.39, 0.29) is 17.3 Å². The van der Waals surface area contributed by atoms with Crippen LogP contribution in [-0.2, 0) is 4.74 Å². The highest BCUT2D eigenvalue weighted by Gasteiger charge is 2.61. The predicted octanol–water partition coefficient (Wildman–Crippen LogP) is 3.54. The van der Waals surface area contributed by atoms with Crippen molar-refractivity contribution >= 4 is 5.69 Å². The number of para-hydroxylation sites is 1. The zero-order chi connectivity index (χ0) is 19.9. The molecule has 5 heteroatoms. The molecular weight excluding hydrogens is 355 g/mol.